The van der Waals surface area contributed by atoms with Crippen LogP contribution >= 0.6 is 0 Å². The van der Waals surface area contributed by atoms with Crippen molar-refractivity contribution < 1.29 is 90.9 Å². The van der Waals surface area contributed by atoms with Crippen LogP contribution in [0.5, 0.6) is 28.7 Å². The van der Waals surface area contributed by atoms with Gasteiger partial charge in [0.15, 0.2) is 65.8 Å². The first-order valence-corrected chi connectivity index (χ1v) is 33.0. The third-order valence-corrected chi connectivity index (χ3v) is 21.4. The summed E-state index contributed by atoms with van der Waals surface area (Å²) in [7, 11) is 6.72. The van der Waals surface area contributed by atoms with E-state index >= 15 is 0 Å². The van der Waals surface area contributed by atoms with Crippen molar-refractivity contribution in [2.45, 2.75) is 192 Å². The summed E-state index contributed by atoms with van der Waals surface area (Å²) in [6, 6.07) is 18.8. The van der Waals surface area contributed by atoms with E-state index < -0.39 is 53.6 Å². The van der Waals surface area contributed by atoms with Crippen molar-refractivity contribution in [2.75, 3.05) is 47.1 Å². The van der Waals surface area contributed by atoms with Crippen LogP contribution in [-0.2, 0) is 70.5 Å². The molecule has 3 aromatic carbocycles. The van der Waals surface area contributed by atoms with Gasteiger partial charge in [-0.1, -0.05) is 33.8 Å². The zero-order chi connectivity index (χ0) is 64.9. The number of carbonyl (C=O) groups excluding carboxylic acids is 2. The number of carboxylic acid groups (broad SMARTS) is 1. The Morgan fingerprint density at radius 1 is 0.750 bits per heavy atom. The molecule has 5 aromatic rings. The van der Waals surface area contributed by atoms with Crippen LogP contribution in [0, 0.1) is 47.3 Å². The molecule has 8 saturated heterocycles. The number of hydrogen-bond donors (Lipinski definition) is 2. The fraction of sp³-hybridized carbons (Fsp3) is 0.629. The molecular formula is C70H92N4O18. The number of pyridine rings is 2. The first kappa shape index (κ1) is 65.9. The van der Waals surface area contributed by atoms with Crippen LogP contribution in [0.4, 0.5) is 5.69 Å². The molecule has 2 saturated carbocycles. The van der Waals surface area contributed by atoms with Crippen LogP contribution in [0.15, 0.2) is 67.0 Å². The molecule has 4 bridgehead atoms. The molecule has 12 heterocycles. The number of anilines is 1. The number of carbonyl (C=O) groups is 2. The van der Waals surface area contributed by atoms with Crippen LogP contribution in [0.2, 0.25) is 0 Å². The lowest BCUT2D eigenvalue weighted by Gasteiger charge is -2.60. The molecule has 0 radical (unpaired) electrons. The Morgan fingerprint density at radius 3 is 2.02 bits per heavy atom. The van der Waals surface area contributed by atoms with E-state index in [1.807, 2.05) is 57.3 Å². The number of rotatable bonds is 13. The first-order chi connectivity index (χ1) is 44.3. The standard InChI is InChI=1S/C20H18NO4.C19H28O8.C16H26O5.C15H21N3O/c1-22-17-4-3-12-7-16-14-9-19-18(24-11-25-19)8-13(14)5-6-21(16)10-15(12)20(17)23-2;1-10-4-5-13-11(2)16(23-15(22)7-6-14(20)21)24-17-19(13)12(10)8-9-18(3,25-17)26-27-19;1-9-5-6-12-10(2)13(17-4)18-14-16(12)11(9)7-8-15(3,19-14)20-21-16;1-11(5-3-7-16)18-14-10-13(19-2)9-12-6-4-8-17-15(12)14/h3-4,7-10H,5-6,11H2,1-2H3;10-13,16-17H,4-9H2,1-3H3,(H,20,21);9-14H,5-8H2,1-4H3;4,6,8-11,18H,3,5,7,16H2,1-2H3/q+1;;;/p-1/t;10-,11-,12+,13+,16-,17-,18-,19-;9-,10-,11+,12+,13+,14-,15-,16-;/m.11./s1. The van der Waals surface area contributed by atoms with Gasteiger partial charge in [-0.3, -0.25) is 9.78 Å². The van der Waals surface area contributed by atoms with Crippen molar-refractivity contribution in [1.82, 2.24) is 4.98 Å². The van der Waals surface area contributed by atoms with Crippen LogP contribution in [-0.4, -0.2) is 113 Å². The van der Waals surface area contributed by atoms with Gasteiger partial charge >= 0.3 is 5.97 Å². The summed E-state index contributed by atoms with van der Waals surface area (Å²) >= 11 is 0. The SMILES string of the molecule is CO[C@H]1O[C@@H]2O[C@@]3(C)CC[C@H]4[C@H](C)CC[C@@H]([C@H]1C)[C@@]24OO3.COc1cc(NC(C)CCCN)c2ncccc2c1.COc1ccc2cc3[n+](cc2c1OC)CCc1cc2c(cc1-3)OCO2.C[C@H]1[C@H](OC(=O)CCC(=O)[O-])O[C@@H]2O[C@@]3(C)CC[C@H]4[C@H](C)CC[C@@H]1[C@@]24OO3. The van der Waals surface area contributed by atoms with Crippen LogP contribution in [0.25, 0.3) is 32.9 Å². The molecule has 10 aliphatic heterocycles. The monoisotopic (exact) mass is 1280 g/mol. The lowest BCUT2D eigenvalue weighted by Crippen LogP contribution is -2.70. The second-order valence-corrected chi connectivity index (χ2v) is 27.1. The summed E-state index contributed by atoms with van der Waals surface area (Å²) in [6.45, 7) is 16.6. The molecule has 17 rings (SSSR count). The molecular weight excluding hydrogens is 1180 g/mol. The van der Waals surface area contributed by atoms with E-state index in [0.717, 1.165) is 127 Å². The number of hydrogen-bond acceptors (Lipinski definition) is 21. The van der Waals surface area contributed by atoms with Crippen molar-refractivity contribution >= 4 is 39.3 Å². The van der Waals surface area contributed by atoms with Gasteiger partial charge in [0.25, 0.3) is 0 Å². The topological polar surface area (TPSA) is 250 Å². The number of aryl methyl sites for hydroxylation is 2. The summed E-state index contributed by atoms with van der Waals surface area (Å²) in [6.07, 6.45) is 12.1. The molecule has 17 atom stereocenters. The number of aliphatic carboxylic acids is 1. The number of ether oxygens (including phenoxy) is 11. The molecule has 500 valence electrons. The summed E-state index contributed by atoms with van der Waals surface area (Å²) < 4.78 is 65.4. The molecule has 1 unspecified atom stereocenters. The molecule has 0 amide bonds. The zero-order valence-electron chi connectivity index (χ0n) is 55.0. The Hall–Kier alpha value is -6.18. The number of methoxy groups -OCH3 is 4. The van der Waals surface area contributed by atoms with Gasteiger partial charge in [-0.05, 0) is 156 Å². The molecule has 2 spiro atoms. The van der Waals surface area contributed by atoms with E-state index in [4.69, 9.17) is 77.4 Å². The van der Waals surface area contributed by atoms with Gasteiger partial charge in [0.05, 0.1) is 49.9 Å². The molecule has 10 fully saturated rings. The number of esters is 1. The molecule has 22 heteroatoms. The largest absolute Gasteiger partial charge is 0.550 e. The maximum atomic E-state index is 12.0. The van der Waals surface area contributed by atoms with Crippen molar-refractivity contribution in [3.8, 4) is 40.0 Å². The average Bonchev–Trinajstić information content (AvgIpc) is 1.36. The number of aromatic nitrogens is 2. The Balaban J connectivity index is 0.000000119. The Labute approximate surface area is 538 Å². The fourth-order valence-corrected chi connectivity index (χ4v) is 16.5. The number of nitrogens with one attached hydrogen (secondary N) is 1. The van der Waals surface area contributed by atoms with E-state index in [1.165, 1.54) is 23.2 Å². The Bertz CT molecular complexity index is 3490. The number of nitrogens with two attached hydrogens (primary N) is 1. The number of nitrogens with zero attached hydrogens (tertiary/aromatic N) is 2. The summed E-state index contributed by atoms with van der Waals surface area (Å²) in [5.74, 6) is 2.81. The van der Waals surface area contributed by atoms with Gasteiger partial charge in [-0.15, -0.1) is 0 Å². The van der Waals surface area contributed by atoms with E-state index in [1.54, 1.807) is 28.4 Å². The Kier molecular flexibility index (Phi) is 19.3. The quantitative estimate of drug-likeness (QED) is 0.0632. The highest BCUT2D eigenvalue weighted by Gasteiger charge is 2.71. The molecule has 2 aromatic heterocycles. The highest BCUT2D eigenvalue weighted by atomic mass is 17.3. The summed E-state index contributed by atoms with van der Waals surface area (Å²) in [5.41, 5.74) is 10.0. The minimum Gasteiger partial charge on any atom is -0.550 e. The normalized spacial score (nSPS) is 34.2. The predicted molar refractivity (Wildman–Crippen MR) is 333 cm³/mol. The molecule has 92 heavy (non-hydrogen) atoms. The van der Waals surface area contributed by atoms with Gasteiger partial charge in [-0.2, -0.15) is 4.57 Å². The van der Waals surface area contributed by atoms with E-state index in [0.29, 0.717) is 42.9 Å². The third kappa shape index (κ3) is 12.3. The molecule has 22 nitrogen and oxygen atoms in total. The van der Waals surface area contributed by atoms with E-state index in [2.05, 4.69) is 73.0 Å². The third-order valence-electron chi connectivity index (χ3n) is 21.4. The molecule has 12 aliphatic rings. The highest BCUT2D eigenvalue weighted by Crippen LogP contribution is 2.62. The molecule has 3 N–H and O–H groups in total. The van der Waals surface area contributed by atoms with E-state index in [9.17, 15) is 14.7 Å². The second kappa shape index (κ2) is 26.9. The van der Waals surface area contributed by atoms with Crippen molar-refractivity contribution in [2.24, 2.45) is 53.1 Å². The first-order valence-electron chi connectivity index (χ1n) is 33.0. The van der Waals surface area contributed by atoms with E-state index in [-0.39, 0.29) is 42.8 Å². The summed E-state index contributed by atoms with van der Waals surface area (Å²) in [4.78, 5) is 50.6. The maximum absolute atomic E-state index is 12.0. The molecule has 2 aliphatic carbocycles. The number of benzene rings is 3. The smallest absolute Gasteiger partial charge is 0.308 e. The van der Waals surface area contributed by atoms with Crippen LogP contribution in [0.1, 0.15) is 131 Å². The van der Waals surface area contributed by atoms with Crippen molar-refractivity contribution in [3.63, 3.8) is 0 Å². The average molecular weight is 1280 g/mol. The number of fused-ring (bicyclic) bond motifs is 10. The zero-order valence-corrected chi connectivity index (χ0v) is 55.0. The van der Waals surface area contributed by atoms with Crippen molar-refractivity contribution in [1.29, 1.82) is 0 Å². The Morgan fingerprint density at radius 2 is 1.40 bits per heavy atom. The van der Waals surface area contributed by atoms with Gasteiger partial charge in [0, 0.05) is 85.8 Å². The summed E-state index contributed by atoms with van der Waals surface area (Å²) in [5, 5.41) is 17.3. The number of carboxylic acids is 1. The predicted octanol–water partition coefficient (Wildman–Crippen LogP) is 9.99. The highest BCUT2D eigenvalue weighted by molar-refractivity contribution is 5.93. The van der Waals surface area contributed by atoms with Gasteiger partial charge in [-0.25, -0.2) is 19.6 Å². The van der Waals surface area contributed by atoms with Crippen LogP contribution < -0.4 is 44.4 Å². The second-order valence-electron chi connectivity index (χ2n) is 27.1. The van der Waals surface area contributed by atoms with Gasteiger partial charge in [0.2, 0.25) is 30.4 Å². The van der Waals surface area contributed by atoms with Crippen LogP contribution in [0.3, 0.4) is 0 Å². The fourth-order valence-electron chi connectivity index (χ4n) is 16.5. The van der Waals surface area contributed by atoms with Gasteiger partial charge in [0.1, 0.15) is 5.75 Å². The van der Waals surface area contributed by atoms with Gasteiger partial charge < -0.3 is 73.1 Å². The minimum absolute atomic E-state index is 0.0547. The maximum Gasteiger partial charge on any atom is 0.308 e. The lowest BCUT2D eigenvalue weighted by molar-refractivity contribution is -0.686. The van der Waals surface area contributed by atoms with Crippen molar-refractivity contribution in [3.05, 3.63) is 72.6 Å². The lowest BCUT2D eigenvalue weighted by atomic mass is 9.58. The minimum atomic E-state index is -1.28.